The molecular weight excluding hydrogens is 508 g/mol. The minimum atomic E-state index is -1.76. The summed E-state index contributed by atoms with van der Waals surface area (Å²) >= 11 is 0. The van der Waals surface area contributed by atoms with Gasteiger partial charge >= 0.3 is 11.9 Å². The third kappa shape index (κ3) is 11.3. The molecule has 208 valence electrons. The highest BCUT2D eigenvalue weighted by atomic mass is 16.4. The highest BCUT2D eigenvalue weighted by molar-refractivity contribution is 5.96. The Balaban J connectivity index is 3.15. The summed E-state index contributed by atoms with van der Waals surface area (Å²) in [5.41, 5.74) is 16.3. The van der Waals surface area contributed by atoms with Crippen LogP contribution in [0.4, 0.5) is 0 Å². The average Bonchev–Trinajstić information content (AvgIpc) is 2.81. The molecule has 0 fully saturated rings. The number of amides is 5. The zero-order valence-corrected chi connectivity index (χ0v) is 20.1. The Labute approximate surface area is 215 Å². The Bertz CT molecular complexity index is 1060. The van der Waals surface area contributed by atoms with Crippen molar-refractivity contribution >= 4 is 41.5 Å². The topological polar surface area (TPSA) is 294 Å². The van der Waals surface area contributed by atoms with Crippen LogP contribution in [0, 0.1) is 0 Å². The molecule has 0 radical (unpaired) electrons. The van der Waals surface area contributed by atoms with Crippen molar-refractivity contribution in [3.63, 3.8) is 0 Å². The van der Waals surface area contributed by atoms with E-state index in [1.54, 1.807) is 0 Å². The lowest BCUT2D eigenvalue weighted by atomic mass is 10.0. The third-order valence-electron chi connectivity index (χ3n) is 5.07. The Morgan fingerprint density at radius 2 is 1.21 bits per heavy atom. The van der Waals surface area contributed by atoms with Gasteiger partial charge in [-0.3, -0.25) is 28.8 Å². The minimum absolute atomic E-state index is 0.0726. The highest BCUT2D eigenvalue weighted by Crippen LogP contribution is 2.12. The first-order valence-electron chi connectivity index (χ1n) is 11.1. The van der Waals surface area contributed by atoms with Crippen LogP contribution < -0.4 is 33.2 Å². The second-order valence-corrected chi connectivity index (χ2v) is 8.27. The lowest BCUT2D eigenvalue weighted by Gasteiger charge is -2.24. The molecule has 0 aliphatic rings. The number of carbonyl (C=O) groups is 7. The maximum absolute atomic E-state index is 13.1. The van der Waals surface area contributed by atoms with E-state index in [-0.39, 0.29) is 18.6 Å². The van der Waals surface area contributed by atoms with Gasteiger partial charge in [0.15, 0.2) is 0 Å². The van der Waals surface area contributed by atoms with Gasteiger partial charge in [0.25, 0.3) is 0 Å². The molecule has 1 aromatic rings. The molecule has 0 aliphatic heterocycles. The molecule has 0 spiro atoms. The molecule has 1 rings (SSSR count). The van der Waals surface area contributed by atoms with Gasteiger partial charge in [0, 0.05) is 12.8 Å². The van der Waals surface area contributed by atoms with Crippen LogP contribution in [0.1, 0.15) is 31.2 Å². The van der Waals surface area contributed by atoms with Crippen molar-refractivity contribution in [3.8, 4) is 5.75 Å². The van der Waals surface area contributed by atoms with Crippen LogP contribution in [0.25, 0.3) is 0 Å². The van der Waals surface area contributed by atoms with Crippen LogP contribution in [0.5, 0.6) is 5.75 Å². The molecule has 0 heterocycles. The quantitative estimate of drug-likeness (QED) is 0.0990. The van der Waals surface area contributed by atoms with E-state index in [2.05, 4.69) is 10.6 Å². The molecule has 0 aromatic heterocycles. The second kappa shape index (κ2) is 14.7. The number of primary amides is 2. The predicted molar refractivity (Wildman–Crippen MR) is 128 cm³/mol. The van der Waals surface area contributed by atoms with Crippen molar-refractivity contribution in [1.29, 1.82) is 0 Å². The summed E-state index contributed by atoms with van der Waals surface area (Å²) in [6.07, 6.45) is -2.38. The Kier molecular flexibility index (Phi) is 12.1. The Morgan fingerprint density at radius 1 is 0.737 bits per heavy atom. The first-order valence-corrected chi connectivity index (χ1v) is 11.1. The number of nitrogens with one attached hydrogen (secondary N) is 3. The summed E-state index contributed by atoms with van der Waals surface area (Å²) in [6.45, 7) is 0. The highest BCUT2D eigenvalue weighted by Gasteiger charge is 2.32. The van der Waals surface area contributed by atoms with E-state index >= 15 is 0 Å². The standard InChI is InChI=1S/C22H30N6O10/c23-12(5-6-18(32)33)19(34)26-13(7-10-1-3-11(29)4-2-10)20(35)27-14(8-16(24)30)21(36)28-15(22(37)38)9-17(25)31/h1-4,12-15,29H,5-9,23H2,(H2,24,30)(H2,25,31)(H,26,34)(H,27,35)(H,28,36)(H,32,33)(H,37,38). The van der Waals surface area contributed by atoms with Crippen LogP contribution in [0.2, 0.25) is 0 Å². The Hall–Kier alpha value is -4.73. The first-order chi connectivity index (χ1) is 17.7. The number of benzene rings is 1. The van der Waals surface area contributed by atoms with E-state index < -0.39 is 84.9 Å². The SMILES string of the molecule is NC(=O)CC(NC(=O)C(CC(N)=O)NC(=O)C(Cc1ccc(O)cc1)NC(=O)C(N)CCC(=O)O)C(=O)O. The largest absolute Gasteiger partial charge is 0.508 e. The van der Waals surface area contributed by atoms with Crippen LogP contribution in [0.15, 0.2) is 24.3 Å². The van der Waals surface area contributed by atoms with E-state index in [1.165, 1.54) is 24.3 Å². The molecule has 1 aromatic carbocycles. The molecule has 12 N–H and O–H groups in total. The molecule has 5 amide bonds. The second-order valence-electron chi connectivity index (χ2n) is 8.27. The zero-order chi connectivity index (χ0) is 29.0. The molecule has 4 atom stereocenters. The minimum Gasteiger partial charge on any atom is -0.508 e. The normalized spacial score (nSPS) is 13.7. The number of rotatable bonds is 16. The summed E-state index contributed by atoms with van der Waals surface area (Å²) in [4.78, 5) is 83.0. The number of nitrogens with two attached hydrogens (primary N) is 3. The molecule has 0 saturated heterocycles. The van der Waals surface area contributed by atoms with Crippen LogP contribution in [-0.2, 0) is 40.0 Å². The molecule has 4 unspecified atom stereocenters. The van der Waals surface area contributed by atoms with Gasteiger partial charge in [0.2, 0.25) is 29.5 Å². The summed E-state index contributed by atoms with van der Waals surface area (Å²) < 4.78 is 0. The fourth-order valence-electron chi connectivity index (χ4n) is 3.12. The molecule has 0 saturated carbocycles. The number of hydrogen-bond acceptors (Lipinski definition) is 9. The van der Waals surface area contributed by atoms with E-state index in [1.807, 2.05) is 5.32 Å². The lowest BCUT2D eigenvalue weighted by molar-refractivity contribution is -0.144. The lowest BCUT2D eigenvalue weighted by Crippen LogP contribution is -2.58. The van der Waals surface area contributed by atoms with E-state index in [0.717, 1.165) is 0 Å². The van der Waals surface area contributed by atoms with Crippen molar-refractivity contribution in [2.75, 3.05) is 0 Å². The smallest absolute Gasteiger partial charge is 0.326 e. The van der Waals surface area contributed by atoms with Crippen molar-refractivity contribution < 1.29 is 48.9 Å². The zero-order valence-electron chi connectivity index (χ0n) is 20.1. The van der Waals surface area contributed by atoms with Crippen molar-refractivity contribution in [2.45, 2.75) is 56.3 Å². The van der Waals surface area contributed by atoms with Crippen molar-refractivity contribution in [2.24, 2.45) is 17.2 Å². The van der Waals surface area contributed by atoms with E-state index in [4.69, 9.17) is 22.3 Å². The molecule has 16 nitrogen and oxygen atoms in total. The molecular formula is C22H30N6O10. The number of carboxylic acids is 2. The van der Waals surface area contributed by atoms with Crippen molar-refractivity contribution in [3.05, 3.63) is 29.8 Å². The fraction of sp³-hybridized carbons (Fsp3) is 0.409. The number of phenols is 1. The summed E-state index contributed by atoms with van der Waals surface area (Å²) in [5.74, 6) is -7.99. The van der Waals surface area contributed by atoms with Crippen LogP contribution >= 0.6 is 0 Å². The third-order valence-corrected chi connectivity index (χ3v) is 5.07. The maximum atomic E-state index is 13.1. The number of hydrogen-bond donors (Lipinski definition) is 9. The van der Waals surface area contributed by atoms with Crippen LogP contribution in [0.3, 0.4) is 0 Å². The van der Waals surface area contributed by atoms with Gasteiger partial charge in [-0.2, -0.15) is 0 Å². The summed E-state index contributed by atoms with van der Waals surface area (Å²) in [5, 5.41) is 34.0. The number of aromatic hydroxyl groups is 1. The van der Waals surface area contributed by atoms with Gasteiger partial charge in [-0.1, -0.05) is 12.1 Å². The molecule has 0 aliphatic carbocycles. The average molecular weight is 539 g/mol. The first kappa shape index (κ1) is 31.3. The molecule has 0 bridgehead atoms. The van der Waals surface area contributed by atoms with Gasteiger partial charge in [0.05, 0.1) is 18.9 Å². The monoisotopic (exact) mass is 538 g/mol. The number of phenolic OH excluding ortho intramolecular Hbond substituents is 1. The summed E-state index contributed by atoms with van der Waals surface area (Å²) in [6, 6.07) is -0.635. The van der Waals surface area contributed by atoms with Gasteiger partial charge in [0.1, 0.15) is 23.9 Å². The molecule has 16 heteroatoms. The number of aliphatic carboxylic acids is 2. The van der Waals surface area contributed by atoms with Crippen LogP contribution in [-0.4, -0.2) is 81.0 Å². The number of carbonyl (C=O) groups excluding carboxylic acids is 5. The van der Waals surface area contributed by atoms with Gasteiger partial charge in [-0.05, 0) is 24.1 Å². The summed E-state index contributed by atoms with van der Waals surface area (Å²) in [7, 11) is 0. The van der Waals surface area contributed by atoms with E-state index in [0.29, 0.717) is 5.56 Å². The Morgan fingerprint density at radius 3 is 1.71 bits per heavy atom. The maximum Gasteiger partial charge on any atom is 0.326 e. The fourth-order valence-corrected chi connectivity index (χ4v) is 3.12. The predicted octanol–water partition coefficient (Wildman–Crippen LogP) is -3.58. The molecule has 38 heavy (non-hydrogen) atoms. The van der Waals surface area contributed by atoms with Gasteiger partial charge < -0.3 is 48.5 Å². The number of carboxylic acid groups (broad SMARTS) is 2. The van der Waals surface area contributed by atoms with Gasteiger partial charge in [-0.25, -0.2) is 4.79 Å². The van der Waals surface area contributed by atoms with E-state index in [9.17, 15) is 43.8 Å². The van der Waals surface area contributed by atoms with Gasteiger partial charge in [-0.15, -0.1) is 0 Å². The van der Waals surface area contributed by atoms with Crippen molar-refractivity contribution in [1.82, 2.24) is 16.0 Å².